The molecule has 1 atom stereocenters. The molecule has 0 aromatic rings. The van der Waals surface area contributed by atoms with Gasteiger partial charge in [-0.15, -0.1) is 0 Å². The molecule has 0 aliphatic carbocycles. The van der Waals surface area contributed by atoms with Gasteiger partial charge in [0.1, 0.15) is 0 Å². The van der Waals surface area contributed by atoms with E-state index in [4.69, 9.17) is 4.74 Å². The van der Waals surface area contributed by atoms with Crippen molar-refractivity contribution in [2.24, 2.45) is 0 Å². The number of amides is 1. The third-order valence-electron chi connectivity index (χ3n) is 2.25. The van der Waals surface area contributed by atoms with Crippen LogP contribution in [0.3, 0.4) is 0 Å². The first-order valence-electron chi connectivity index (χ1n) is 5.05. The molecule has 1 aliphatic heterocycles. The fourth-order valence-electron chi connectivity index (χ4n) is 1.91. The molecule has 1 N–H and O–H groups in total. The molecular formula is C10H20N2O2. The first kappa shape index (κ1) is 11.5. The minimum Gasteiger partial charge on any atom is -0.369 e. The largest absolute Gasteiger partial charge is 0.369 e. The highest BCUT2D eigenvalue weighted by atomic mass is 16.5. The highest BCUT2D eigenvalue weighted by Crippen LogP contribution is 2.20. The van der Waals surface area contributed by atoms with Crippen LogP contribution in [0.2, 0.25) is 0 Å². The standard InChI is InChI=1S/C10H20N2O2/c1-8-6-12(9(13)5-11-4)7-10(2,3)14-8/h8,11H,5-7H2,1-4H3. The number of nitrogens with one attached hydrogen (secondary N) is 1. The average Bonchev–Trinajstić information content (AvgIpc) is 2.00. The Kier molecular flexibility index (Phi) is 3.50. The van der Waals surface area contributed by atoms with Crippen LogP contribution < -0.4 is 5.32 Å². The normalized spacial score (nSPS) is 26.3. The molecule has 0 aromatic carbocycles. The Bertz CT molecular complexity index is 216. The Morgan fingerprint density at radius 3 is 2.79 bits per heavy atom. The lowest BCUT2D eigenvalue weighted by molar-refractivity contribution is -0.157. The second-order valence-electron chi connectivity index (χ2n) is 4.49. The highest BCUT2D eigenvalue weighted by Gasteiger charge is 2.33. The quantitative estimate of drug-likeness (QED) is 0.694. The lowest BCUT2D eigenvalue weighted by Crippen LogP contribution is -2.55. The van der Waals surface area contributed by atoms with Gasteiger partial charge in [0.05, 0.1) is 18.2 Å². The van der Waals surface area contributed by atoms with Crippen LogP contribution >= 0.6 is 0 Å². The van der Waals surface area contributed by atoms with Crippen molar-refractivity contribution in [2.45, 2.75) is 32.5 Å². The average molecular weight is 200 g/mol. The predicted octanol–water partition coefficient (Wildman–Crippen LogP) is 0.232. The van der Waals surface area contributed by atoms with Crippen LogP contribution in [-0.4, -0.2) is 49.2 Å². The van der Waals surface area contributed by atoms with Crippen LogP contribution in [0.25, 0.3) is 0 Å². The molecule has 1 heterocycles. The SMILES string of the molecule is CNCC(=O)N1CC(C)OC(C)(C)C1. The van der Waals surface area contributed by atoms with Gasteiger partial charge in [0.2, 0.25) is 5.91 Å². The van der Waals surface area contributed by atoms with Crippen LogP contribution in [0.4, 0.5) is 0 Å². The third kappa shape index (κ3) is 2.96. The molecule has 1 aliphatic rings. The van der Waals surface area contributed by atoms with E-state index in [0.717, 1.165) is 0 Å². The summed E-state index contributed by atoms with van der Waals surface area (Å²) in [5.74, 6) is 0.149. The maximum absolute atomic E-state index is 11.6. The lowest BCUT2D eigenvalue weighted by Gasteiger charge is -2.41. The van der Waals surface area contributed by atoms with Gasteiger partial charge < -0.3 is 15.0 Å². The van der Waals surface area contributed by atoms with E-state index >= 15 is 0 Å². The molecule has 1 fully saturated rings. The summed E-state index contributed by atoms with van der Waals surface area (Å²) in [7, 11) is 1.78. The summed E-state index contributed by atoms with van der Waals surface area (Å²) < 4.78 is 5.72. The number of carbonyl (C=O) groups excluding carboxylic acids is 1. The molecule has 4 nitrogen and oxygen atoms in total. The summed E-state index contributed by atoms with van der Waals surface area (Å²) in [6, 6.07) is 0. The second kappa shape index (κ2) is 4.28. The summed E-state index contributed by atoms with van der Waals surface area (Å²) in [4.78, 5) is 13.5. The summed E-state index contributed by atoms with van der Waals surface area (Å²) in [6.45, 7) is 7.82. The molecule has 0 bridgehead atoms. The van der Waals surface area contributed by atoms with Gasteiger partial charge in [-0.1, -0.05) is 0 Å². The van der Waals surface area contributed by atoms with E-state index in [1.54, 1.807) is 7.05 Å². The van der Waals surface area contributed by atoms with Gasteiger partial charge in [0.25, 0.3) is 0 Å². The van der Waals surface area contributed by atoms with Gasteiger partial charge in [-0.05, 0) is 27.8 Å². The maximum Gasteiger partial charge on any atom is 0.236 e. The van der Waals surface area contributed by atoms with Crippen molar-refractivity contribution >= 4 is 5.91 Å². The highest BCUT2D eigenvalue weighted by molar-refractivity contribution is 5.78. The van der Waals surface area contributed by atoms with Gasteiger partial charge in [-0.3, -0.25) is 4.79 Å². The topological polar surface area (TPSA) is 41.6 Å². The summed E-state index contributed by atoms with van der Waals surface area (Å²) in [5.41, 5.74) is -0.221. The van der Waals surface area contributed by atoms with Crippen LogP contribution in [0.1, 0.15) is 20.8 Å². The predicted molar refractivity (Wildman–Crippen MR) is 55.1 cm³/mol. The number of morpholine rings is 1. The number of likely N-dealkylation sites (N-methyl/N-ethyl adjacent to an activating group) is 1. The number of nitrogens with zero attached hydrogens (tertiary/aromatic N) is 1. The van der Waals surface area contributed by atoms with Gasteiger partial charge in [0.15, 0.2) is 0 Å². The molecule has 0 saturated carbocycles. The molecule has 82 valence electrons. The Hall–Kier alpha value is -0.610. The first-order valence-corrected chi connectivity index (χ1v) is 5.05. The number of hydrogen-bond acceptors (Lipinski definition) is 3. The number of carbonyl (C=O) groups is 1. The Labute approximate surface area is 85.6 Å². The minimum atomic E-state index is -0.221. The van der Waals surface area contributed by atoms with Crippen molar-refractivity contribution in [2.75, 3.05) is 26.7 Å². The monoisotopic (exact) mass is 200 g/mol. The Morgan fingerprint density at radius 1 is 1.64 bits per heavy atom. The molecule has 1 saturated heterocycles. The number of ether oxygens (including phenoxy) is 1. The zero-order valence-corrected chi connectivity index (χ0v) is 9.46. The lowest BCUT2D eigenvalue weighted by atomic mass is 10.1. The van der Waals surface area contributed by atoms with Crippen molar-refractivity contribution in [1.82, 2.24) is 10.2 Å². The molecular weight excluding hydrogens is 180 g/mol. The summed E-state index contributed by atoms with van der Waals surface area (Å²) in [6.07, 6.45) is 0.125. The summed E-state index contributed by atoms with van der Waals surface area (Å²) in [5, 5.41) is 2.87. The van der Waals surface area contributed by atoms with Crippen LogP contribution in [0.5, 0.6) is 0 Å². The zero-order valence-electron chi connectivity index (χ0n) is 9.46. The van der Waals surface area contributed by atoms with Crippen molar-refractivity contribution in [3.05, 3.63) is 0 Å². The van der Waals surface area contributed by atoms with Gasteiger partial charge in [-0.25, -0.2) is 0 Å². The summed E-state index contributed by atoms with van der Waals surface area (Å²) >= 11 is 0. The molecule has 0 radical (unpaired) electrons. The molecule has 1 amide bonds. The van der Waals surface area contributed by atoms with E-state index in [2.05, 4.69) is 5.32 Å². The smallest absolute Gasteiger partial charge is 0.236 e. The minimum absolute atomic E-state index is 0.125. The van der Waals surface area contributed by atoms with E-state index in [1.807, 2.05) is 25.7 Å². The van der Waals surface area contributed by atoms with Crippen LogP contribution in [0.15, 0.2) is 0 Å². The Balaban J connectivity index is 2.57. The van der Waals surface area contributed by atoms with Crippen molar-refractivity contribution in [3.8, 4) is 0 Å². The van der Waals surface area contributed by atoms with E-state index in [9.17, 15) is 4.79 Å². The van der Waals surface area contributed by atoms with Crippen LogP contribution in [0, 0.1) is 0 Å². The van der Waals surface area contributed by atoms with Crippen LogP contribution in [-0.2, 0) is 9.53 Å². The molecule has 0 spiro atoms. The van der Waals surface area contributed by atoms with E-state index in [1.165, 1.54) is 0 Å². The van der Waals surface area contributed by atoms with Gasteiger partial charge in [0, 0.05) is 13.1 Å². The maximum atomic E-state index is 11.6. The Morgan fingerprint density at radius 2 is 2.29 bits per heavy atom. The van der Waals surface area contributed by atoms with Crippen molar-refractivity contribution in [3.63, 3.8) is 0 Å². The van der Waals surface area contributed by atoms with Gasteiger partial charge in [-0.2, -0.15) is 0 Å². The first-order chi connectivity index (χ1) is 6.44. The van der Waals surface area contributed by atoms with Gasteiger partial charge >= 0.3 is 0 Å². The fraction of sp³-hybridized carbons (Fsp3) is 0.900. The van der Waals surface area contributed by atoms with E-state index < -0.39 is 0 Å². The van der Waals surface area contributed by atoms with E-state index in [0.29, 0.717) is 19.6 Å². The third-order valence-corrected chi connectivity index (χ3v) is 2.25. The molecule has 4 heteroatoms. The molecule has 14 heavy (non-hydrogen) atoms. The van der Waals surface area contributed by atoms with Crippen molar-refractivity contribution in [1.29, 1.82) is 0 Å². The number of rotatable bonds is 2. The molecule has 1 unspecified atom stereocenters. The zero-order chi connectivity index (χ0) is 10.8. The second-order valence-corrected chi connectivity index (χ2v) is 4.49. The number of hydrogen-bond donors (Lipinski definition) is 1. The van der Waals surface area contributed by atoms with Crippen molar-refractivity contribution < 1.29 is 9.53 Å². The molecule has 0 aromatic heterocycles. The molecule has 1 rings (SSSR count). The fourth-order valence-corrected chi connectivity index (χ4v) is 1.91. The van der Waals surface area contributed by atoms with E-state index in [-0.39, 0.29) is 17.6 Å².